The Morgan fingerprint density at radius 1 is 1.35 bits per heavy atom. The average Bonchev–Trinajstić information content (AvgIpc) is 2.25. The molecule has 1 aromatic rings. The normalized spacial score (nSPS) is 21.1. The highest BCUT2D eigenvalue weighted by atomic mass is 19.3. The van der Waals surface area contributed by atoms with Gasteiger partial charge in [-0.15, -0.1) is 0 Å². The number of hydrogen-bond donors (Lipinski definition) is 2. The lowest BCUT2D eigenvalue weighted by Crippen LogP contribution is -2.52. The van der Waals surface area contributed by atoms with Gasteiger partial charge >= 0.3 is 5.92 Å². The molecule has 0 saturated heterocycles. The summed E-state index contributed by atoms with van der Waals surface area (Å²) in [6.45, 7) is 2.62. The highest BCUT2D eigenvalue weighted by molar-refractivity contribution is 5.33. The number of aliphatic hydroxyl groups is 1. The van der Waals surface area contributed by atoms with Crippen LogP contribution < -0.4 is 5.73 Å². The predicted octanol–water partition coefficient (Wildman–Crippen LogP) is 3.49. The van der Waals surface area contributed by atoms with Gasteiger partial charge in [-0.05, 0) is 38.7 Å². The van der Waals surface area contributed by atoms with Gasteiger partial charge in [0.2, 0.25) is 0 Å². The van der Waals surface area contributed by atoms with E-state index in [2.05, 4.69) is 0 Å². The second-order valence-corrected chi connectivity index (χ2v) is 5.85. The zero-order chi connectivity index (χ0) is 15.1. The second kappa shape index (κ2) is 5.04. The molecule has 1 aliphatic carbocycles. The van der Waals surface area contributed by atoms with Gasteiger partial charge in [-0.25, -0.2) is 4.39 Å². The van der Waals surface area contributed by atoms with Gasteiger partial charge in [0.05, 0.1) is 5.56 Å². The minimum atomic E-state index is -3.65. The molecule has 0 amide bonds. The topological polar surface area (TPSA) is 46.2 Å². The maximum Gasteiger partial charge on any atom is 0.304 e. The Hall–Kier alpha value is -1.07. The SMILES string of the molecule is C[C@@H](N)c1cccc(C(F)(F)[C@](C)(O)C2CCC2)c1F. The highest BCUT2D eigenvalue weighted by Crippen LogP contribution is 2.50. The fourth-order valence-electron chi connectivity index (χ4n) is 2.64. The first-order valence-electron chi connectivity index (χ1n) is 6.84. The van der Waals surface area contributed by atoms with Crippen LogP contribution in [0.2, 0.25) is 0 Å². The molecule has 1 aromatic carbocycles. The van der Waals surface area contributed by atoms with Crippen molar-refractivity contribution in [1.82, 2.24) is 0 Å². The summed E-state index contributed by atoms with van der Waals surface area (Å²) in [7, 11) is 0. The Morgan fingerprint density at radius 2 is 1.95 bits per heavy atom. The number of hydrogen-bond acceptors (Lipinski definition) is 2. The Bertz CT molecular complexity index is 496. The van der Waals surface area contributed by atoms with Gasteiger partial charge in [0.25, 0.3) is 0 Å². The number of benzene rings is 1. The minimum absolute atomic E-state index is 0.0339. The summed E-state index contributed by atoms with van der Waals surface area (Å²) in [4.78, 5) is 0. The molecule has 20 heavy (non-hydrogen) atoms. The number of alkyl halides is 2. The van der Waals surface area contributed by atoms with Crippen LogP contribution in [0.15, 0.2) is 18.2 Å². The lowest BCUT2D eigenvalue weighted by atomic mass is 9.69. The summed E-state index contributed by atoms with van der Waals surface area (Å²) in [5, 5.41) is 10.2. The first kappa shape index (κ1) is 15.3. The van der Waals surface area contributed by atoms with Crippen molar-refractivity contribution in [3.8, 4) is 0 Å². The quantitative estimate of drug-likeness (QED) is 0.890. The molecule has 0 aromatic heterocycles. The molecule has 2 rings (SSSR count). The summed E-state index contributed by atoms with van der Waals surface area (Å²) in [6, 6.07) is 3.08. The van der Waals surface area contributed by atoms with E-state index in [0.717, 1.165) is 19.4 Å². The summed E-state index contributed by atoms with van der Waals surface area (Å²) in [5.74, 6) is -5.17. The van der Waals surface area contributed by atoms with E-state index in [1.54, 1.807) is 0 Å². The molecule has 2 atom stereocenters. The van der Waals surface area contributed by atoms with Crippen LogP contribution in [0.1, 0.15) is 50.3 Å². The lowest BCUT2D eigenvalue weighted by Gasteiger charge is -2.43. The van der Waals surface area contributed by atoms with Crippen LogP contribution in [-0.2, 0) is 5.92 Å². The molecule has 1 fully saturated rings. The molecular formula is C15H20F3NO. The zero-order valence-electron chi connectivity index (χ0n) is 11.7. The molecule has 1 saturated carbocycles. The van der Waals surface area contributed by atoms with E-state index in [9.17, 15) is 18.3 Å². The van der Waals surface area contributed by atoms with Gasteiger partial charge in [0.15, 0.2) is 0 Å². The largest absolute Gasteiger partial charge is 0.383 e. The van der Waals surface area contributed by atoms with Gasteiger partial charge in [0, 0.05) is 11.6 Å². The van der Waals surface area contributed by atoms with Gasteiger partial charge in [-0.2, -0.15) is 8.78 Å². The third-order valence-electron chi connectivity index (χ3n) is 4.39. The van der Waals surface area contributed by atoms with Crippen molar-refractivity contribution in [2.45, 2.75) is 50.7 Å². The van der Waals surface area contributed by atoms with E-state index in [1.165, 1.54) is 19.1 Å². The van der Waals surface area contributed by atoms with Gasteiger partial charge in [0.1, 0.15) is 11.4 Å². The van der Waals surface area contributed by atoms with Crippen molar-refractivity contribution in [1.29, 1.82) is 0 Å². The van der Waals surface area contributed by atoms with E-state index < -0.39 is 34.9 Å². The second-order valence-electron chi connectivity index (χ2n) is 5.85. The Kier molecular flexibility index (Phi) is 3.86. The zero-order valence-corrected chi connectivity index (χ0v) is 11.7. The van der Waals surface area contributed by atoms with E-state index in [1.807, 2.05) is 0 Å². The Balaban J connectivity index is 2.46. The van der Waals surface area contributed by atoms with Crippen LogP contribution in [-0.4, -0.2) is 10.7 Å². The van der Waals surface area contributed by atoms with Gasteiger partial charge in [-0.1, -0.05) is 18.6 Å². The van der Waals surface area contributed by atoms with Crippen LogP contribution in [0.25, 0.3) is 0 Å². The molecule has 0 heterocycles. The third-order valence-corrected chi connectivity index (χ3v) is 4.39. The molecule has 5 heteroatoms. The van der Waals surface area contributed by atoms with Crippen molar-refractivity contribution >= 4 is 0 Å². The number of halogens is 3. The van der Waals surface area contributed by atoms with Crippen molar-refractivity contribution in [2.24, 2.45) is 11.7 Å². The van der Waals surface area contributed by atoms with E-state index in [4.69, 9.17) is 5.73 Å². The summed E-state index contributed by atoms with van der Waals surface area (Å²) < 4.78 is 43.4. The van der Waals surface area contributed by atoms with Gasteiger partial charge in [-0.3, -0.25) is 0 Å². The molecule has 0 spiro atoms. The highest BCUT2D eigenvalue weighted by Gasteiger charge is 2.57. The molecule has 2 nitrogen and oxygen atoms in total. The fraction of sp³-hybridized carbons (Fsp3) is 0.600. The first-order valence-corrected chi connectivity index (χ1v) is 6.84. The smallest absolute Gasteiger partial charge is 0.304 e. The number of rotatable bonds is 4. The maximum atomic E-state index is 14.6. The van der Waals surface area contributed by atoms with Gasteiger partial charge < -0.3 is 10.8 Å². The van der Waals surface area contributed by atoms with Crippen LogP contribution >= 0.6 is 0 Å². The molecule has 112 valence electrons. The van der Waals surface area contributed by atoms with Crippen molar-refractivity contribution < 1.29 is 18.3 Å². The van der Waals surface area contributed by atoms with E-state index in [0.29, 0.717) is 12.8 Å². The Morgan fingerprint density at radius 3 is 2.40 bits per heavy atom. The van der Waals surface area contributed by atoms with Crippen LogP contribution in [0.5, 0.6) is 0 Å². The minimum Gasteiger partial charge on any atom is -0.383 e. The average molecular weight is 287 g/mol. The van der Waals surface area contributed by atoms with Crippen LogP contribution in [0, 0.1) is 11.7 Å². The molecule has 0 bridgehead atoms. The monoisotopic (exact) mass is 287 g/mol. The number of nitrogens with two attached hydrogens (primary N) is 1. The van der Waals surface area contributed by atoms with Crippen molar-refractivity contribution in [3.05, 3.63) is 35.1 Å². The molecule has 0 aliphatic heterocycles. The molecule has 0 unspecified atom stereocenters. The van der Waals surface area contributed by atoms with Crippen molar-refractivity contribution in [2.75, 3.05) is 0 Å². The van der Waals surface area contributed by atoms with E-state index in [-0.39, 0.29) is 5.56 Å². The van der Waals surface area contributed by atoms with Crippen molar-refractivity contribution in [3.63, 3.8) is 0 Å². The lowest BCUT2D eigenvalue weighted by molar-refractivity contribution is -0.218. The molecule has 0 radical (unpaired) electrons. The maximum absolute atomic E-state index is 14.6. The first-order chi connectivity index (χ1) is 9.19. The predicted molar refractivity (Wildman–Crippen MR) is 70.9 cm³/mol. The third kappa shape index (κ3) is 2.23. The molecule has 3 N–H and O–H groups in total. The fourth-order valence-corrected chi connectivity index (χ4v) is 2.64. The molecule has 1 aliphatic rings. The van der Waals surface area contributed by atoms with Crippen LogP contribution in [0.4, 0.5) is 13.2 Å². The molecular weight excluding hydrogens is 267 g/mol. The standard InChI is InChI=1S/C15H20F3NO/c1-9(19)11-7-4-8-12(13(11)16)15(17,18)14(2,20)10-5-3-6-10/h4,7-10,20H,3,5-6,19H2,1-2H3/t9-,14-/m1/s1. The summed E-state index contributed by atoms with van der Waals surface area (Å²) in [6.07, 6.45) is 1.90. The van der Waals surface area contributed by atoms with Crippen LogP contribution in [0.3, 0.4) is 0 Å². The van der Waals surface area contributed by atoms with E-state index >= 15 is 0 Å². The summed E-state index contributed by atoms with van der Waals surface area (Å²) >= 11 is 0. The Labute approximate surface area is 116 Å². The summed E-state index contributed by atoms with van der Waals surface area (Å²) in [5.41, 5.74) is 2.60.